The van der Waals surface area contributed by atoms with Crippen molar-refractivity contribution >= 4 is 44.1 Å². The van der Waals surface area contributed by atoms with Crippen molar-refractivity contribution in [2.24, 2.45) is 7.05 Å². The molecule has 0 atom stereocenters. The summed E-state index contributed by atoms with van der Waals surface area (Å²) < 4.78 is 34.3. The van der Waals surface area contributed by atoms with E-state index in [0.29, 0.717) is 36.6 Å². The Morgan fingerprint density at radius 3 is 2.39 bits per heavy atom. The molecule has 2 aromatic carbocycles. The number of hydrogen-bond acceptors (Lipinski definition) is 5. The molecule has 0 N–H and O–H groups in total. The van der Waals surface area contributed by atoms with Crippen molar-refractivity contribution in [3.63, 3.8) is 0 Å². The molecule has 1 saturated heterocycles. The van der Waals surface area contributed by atoms with Crippen LogP contribution in [0.2, 0.25) is 5.02 Å². The quantitative estimate of drug-likeness (QED) is 0.532. The molecule has 0 radical (unpaired) electrons. The van der Waals surface area contributed by atoms with Gasteiger partial charge in [0.25, 0.3) is 0 Å². The van der Waals surface area contributed by atoms with Gasteiger partial charge in [-0.25, -0.2) is 13.2 Å². The molecule has 1 aliphatic heterocycles. The lowest BCUT2D eigenvalue weighted by atomic mass is 10.2. The molecule has 1 aliphatic rings. The lowest BCUT2D eigenvalue weighted by molar-refractivity contribution is 0.0240. The molecule has 7 nitrogen and oxygen atoms in total. The molecular formula is C24H28ClN3O4S. The molecule has 0 spiro atoms. The summed E-state index contributed by atoms with van der Waals surface area (Å²) in [4.78, 5) is 16.5. The van der Waals surface area contributed by atoms with E-state index >= 15 is 0 Å². The van der Waals surface area contributed by atoms with E-state index in [0.717, 1.165) is 11.2 Å². The number of halogens is 1. The van der Waals surface area contributed by atoms with Crippen molar-refractivity contribution in [1.29, 1.82) is 0 Å². The van der Waals surface area contributed by atoms with Crippen LogP contribution in [-0.2, 0) is 21.6 Å². The summed E-state index contributed by atoms with van der Waals surface area (Å²) in [7, 11) is -1.94. The number of fused-ring (bicyclic) bond motifs is 1. The highest BCUT2D eigenvalue weighted by Gasteiger charge is 2.27. The van der Waals surface area contributed by atoms with Gasteiger partial charge < -0.3 is 19.1 Å². The fraction of sp³-hybridized carbons (Fsp3) is 0.375. The molecule has 2 heterocycles. The van der Waals surface area contributed by atoms with E-state index in [1.165, 1.54) is 0 Å². The van der Waals surface area contributed by atoms with Crippen LogP contribution < -0.4 is 4.90 Å². The van der Waals surface area contributed by atoms with E-state index in [1.807, 2.05) is 40.0 Å². The lowest BCUT2D eigenvalue weighted by Gasteiger charge is -2.36. The second-order valence-electron chi connectivity index (χ2n) is 9.22. The Bertz CT molecular complexity index is 1300. The molecule has 0 saturated carbocycles. The van der Waals surface area contributed by atoms with E-state index in [4.69, 9.17) is 16.3 Å². The fourth-order valence-electron chi connectivity index (χ4n) is 3.99. The molecule has 0 bridgehead atoms. The van der Waals surface area contributed by atoms with E-state index in [1.54, 1.807) is 46.0 Å². The molecule has 1 aromatic heterocycles. The number of amides is 1. The van der Waals surface area contributed by atoms with Gasteiger partial charge in [0.15, 0.2) is 0 Å². The van der Waals surface area contributed by atoms with Crippen molar-refractivity contribution in [3.05, 3.63) is 53.7 Å². The van der Waals surface area contributed by atoms with Crippen LogP contribution in [0.4, 0.5) is 10.5 Å². The molecule has 0 unspecified atom stereocenters. The van der Waals surface area contributed by atoms with Gasteiger partial charge in [0.1, 0.15) is 5.60 Å². The first-order chi connectivity index (χ1) is 15.5. The van der Waals surface area contributed by atoms with E-state index in [9.17, 15) is 13.2 Å². The Balaban J connectivity index is 1.57. The van der Waals surface area contributed by atoms with Crippen molar-refractivity contribution in [2.45, 2.75) is 36.2 Å². The van der Waals surface area contributed by atoms with Crippen LogP contribution in [0.15, 0.2) is 58.5 Å². The van der Waals surface area contributed by atoms with Crippen molar-refractivity contribution in [3.8, 4) is 0 Å². The van der Waals surface area contributed by atoms with Crippen molar-refractivity contribution < 1.29 is 17.9 Å². The number of rotatable bonds is 3. The summed E-state index contributed by atoms with van der Waals surface area (Å²) >= 11 is 6.14. The van der Waals surface area contributed by atoms with E-state index in [-0.39, 0.29) is 15.9 Å². The zero-order valence-electron chi connectivity index (χ0n) is 19.2. The fourth-order valence-corrected chi connectivity index (χ4v) is 5.70. The summed E-state index contributed by atoms with van der Waals surface area (Å²) in [5.74, 6) is 0. The predicted octanol–water partition coefficient (Wildman–Crippen LogP) is 4.72. The Hall–Kier alpha value is -2.71. The molecule has 1 fully saturated rings. The summed E-state index contributed by atoms with van der Waals surface area (Å²) in [5, 5.41) is 1.09. The standard InChI is InChI=1S/C24H28ClN3O4S/c1-24(2,3)32-23(29)28-12-10-27(11-13-28)18-6-5-7-19(15-18)33(30,31)22-16-26(4)21-9-8-17(25)14-20(21)22/h5-9,14-16H,10-13H2,1-4H3. The number of aryl methyl sites for hydroxylation is 1. The number of aromatic nitrogens is 1. The highest BCUT2D eigenvalue weighted by atomic mass is 35.5. The van der Waals surface area contributed by atoms with Crippen molar-refractivity contribution in [2.75, 3.05) is 31.1 Å². The van der Waals surface area contributed by atoms with Crippen LogP contribution in [0, 0.1) is 0 Å². The predicted molar refractivity (Wildman–Crippen MR) is 130 cm³/mol. The maximum absolute atomic E-state index is 13.5. The molecule has 3 aromatic rings. The third-order valence-corrected chi connectivity index (χ3v) is 7.64. The zero-order chi connectivity index (χ0) is 24.0. The first-order valence-electron chi connectivity index (χ1n) is 10.8. The number of sulfone groups is 1. The van der Waals surface area contributed by atoms with Crippen LogP contribution in [-0.4, -0.2) is 55.8 Å². The topological polar surface area (TPSA) is 71.9 Å². The molecule has 33 heavy (non-hydrogen) atoms. The third kappa shape index (κ3) is 4.82. The highest BCUT2D eigenvalue weighted by molar-refractivity contribution is 7.91. The average molecular weight is 490 g/mol. The number of carbonyl (C=O) groups is 1. The lowest BCUT2D eigenvalue weighted by Crippen LogP contribution is -2.50. The maximum Gasteiger partial charge on any atom is 0.410 e. The third-order valence-electron chi connectivity index (χ3n) is 5.63. The monoisotopic (exact) mass is 489 g/mol. The van der Waals surface area contributed by atoms with Gasteiger partial charge in [-0.2, -0.15) is 0 Å². The normalized spacial score (nSPS) is 15.2. The minimum absolute atomic E-state index is 0.224. The van der Waals surface area contributed by atoms with Gasteiger partial charge in [-0.1, -0.05) is 17.7 Å². The van der Waals surface area contributed by atoms with Gasteiger partial charge in [-0.05, 0) is 57.2 Å². The number of hydrogen-bond donors (Lipinski definition) is 0. The number of benzene rings is 2. The Morgan fingerprint density at radius 1 is 1.03 bits per heavy atom. The summed E-state index contributed by atoms with van der Waals surface area (Å²) in [6.07, 6.45) is 1.30. The number of ether oxygens (including phenoxy) is 1. The first kappa shape index (κ1) is 23.4. The largest absolute Gasteiger partial charge is 0.444 e. The van der Waals surface area contributed by atoms with Crippen molar-refractivity contribution in [1.82, 2.24) is 9.47 Å². The van der Waals surface area contributed by atoms with Gasteiger partial charge >= 0.3 is 6.09 Å². The highest BCUT2D eigenvalue weighted by Crippen LogP contribution is 2.33. The second kappa shape index (κ2) is 8.57. The Kier molecular flexibility index (Phi) is 6.09. The van der Waals surface area contributed by atoms with Gasteiger partial charge in [-0.3, -0.25) is 0 Å². The molecule has 1 amide bonds. The smallest absolute Gasteiger partial charge is 0.410 e. The van der Waals surface area contributed by atoms with Crippen LogP contribution >= 0.6 is 11.6 Å². The molecule has 9 heteroatoms. The maximum atomic E-state index is 13.5. The number of anilines is 1. The number of piperazine rings is 1. The summed E-state index contributed by atoms with van der Waals surface area (Å²) in [5.41, 5.74) is 1.06. The first-order valence-corrected chi connectivity index (χ1v) is 12.6. The van der Waals surface area contributed by atoms with Gasteiger partial charge in [-0.15, -0.1) is 0 Å². The van der Waals surface area contributed by atoms with Gasteiger partial charge in [0.2, 0.25) is 9.84 Å². The zero-order valence-corrected chi connectivity index (χ0v) is 20.8. The number of nitrogens with zero attached hydrogens (tertiary/aromatic N) is 3. The second-order valence-corrected chi connectivity index (χ2v) is 11.6. The molecule has 0 aliphatic carbocycles. The molecule has 176 valence electrons. The van der Waals surface area contributed by atoms with Gasteiger partial charge in [0, 0.05) is 61.0 Å². The van der Waals surface area contributed by atoms with Crippen LogP contribution in [0.1, 0.15) is 20.8 Å². The Labute approximate surface area is 199 Å². The summed E-state index contributed by atoms with van der Waals surface area (Å²) in [6.45, 7) is 7.73. The summed E-state index contributed by atoms with van der Waals surface area (Å²) in [6, 6.07) is 12.2. The average Bonchev–Trinajstić information content (AvgIpc) is 3.09. The minimum atomic E-state index is -3.76. The van der Waals surface area contributed by atoms with E-state index in [2.05, 4.69) is 4.90 Å². The SMILES string of the molecule is Cn1cc(S(=O)(=O)c2cccc(N3CCN(C(=O)OC(C)(C)C)CC3)c2)c2cc(Cl)ccc21. The molecule has 4 rings (SSSR count). The van der Waals surface area contributed by atoms with Gasteiger partial charge in [0.05, 0.1) is 9.79 Å². The Morgan fingerprint density at radius 2 is 1.73 bits per heavy atom. The van der Waals surface area contributed by atoms with Crippen LogP contribution in [0.25, 0.3) is 10.9 Å². The van der Waals surface area contributed by atoms with Crippen LogP contribution in [0.5, 0.6) is 0 Å². The van der Waals surface area contributed by atoms with E-state index < -0.39 is 15.4 Å². The van der Waals surface area contributed by atoms with Crippen LogP contribution in [0.3, 0.4) is 0 Å². The number of carbonyl (C=O) groups excluding carboxylic acids is 1. The molecular weight excluding hydrogens is 462 g/mol. The minimum Gasteiger partial charge on any atom is -0.444 e.